The van der Waals surface area contributed by atoms with Gasteiger partial charge < -0.3 is 10.4 Å². The minimum atomic E-state index is -0.0505. The monoisotopic (exact) mass is 214 g/mol. The van der Waals surface area contributed by atoms with Crippen molar-refractivity contribution in [1.82, 2.24) is 10.3 Å². The van der Waals surface area contributed by atoms with E-state index in [1.165, 1.54) is 0 Å². The number of aromatic nitrogens is 1. The fourth-order valence-electron chi connectivity index (χ4n) is 1.07. The zero-order valence-electron chi connectivity index (χ0n) is 9.00. The minimum absolute atomic E-state index is 0.0505. The molecule has 0 saturated heterocycles. The van der Waals surface area contributed by atoms with Crippen LogP contribution in [0, 0.1) is 12.3 Å². The summed E-state index contributed by atoms with van der Waals surface area (Å²) in [7, 11) is 0. The highest BCUT2D eigenvalue weighted by molar-refractivity contribution is 7.09. The van der Waals surface area contributed by atoms with Crippen LogP contribution < -0.4 is 5.32 Å². The third kappa shape index (κ3) is 3.74. The number of nitrogens with one attached hydrogen (secondary N) is 1. The molecule has 1 heterocycles. The van der Waals surface area contributed by atoms with Gasteiger partial charge in [-0.1, -0.05) is 13.8 Å². The maximum atomic E-state index is 9.04. The van der Waals surface area contributed by atoms with Crippen molar-refractivity contribution in [2.24, 2.45) is 5.41 Å². The van der Waals surface area contributed by atoms with Crippen molar-refractivity contribution in [2.45, 2.75) is 27.3 Å². The first-order valence-corrected chi connectivity index (χ1v) is 5.64. The fraction of sp³-hybridized carbons (Fsp3) is 0.700. The SMILES string of the molecule is Cc1nc(CNCC(C)(C)CO)cs1. The van der Waals surface area contributed by atoms with Crippen molar-refractivity contribution >= 4 is 11.3 Å². The lowest BCUT2D eigenvalue weighted by Crippen LogP contribution is -2.31. The van der Waals surface area contributed by atoms with Crippen LogP contribution in [-0.2, 0) is 6.54 Å². The van der Waals surface area contributed by atoms with Crippen LogP contribution in [0.15, 0.2) is 5.38 Å². The van der Waals surface area contributed by atoms with Gasteiger partial charge in [-0.2, -0.15) is 0 Å². The second kappa shape index (κ2) is 4.87. The van der Waals surface area contributed by atoms with E-state index in [9.17, 15) is 0 Å². The van der Waals surface area contributed by atoms with E-state index in [1.54, 1.807) is 11.3 Å². The molecule has 0 fully saturated rings. The molecule has 0 spiro atoms. The fourth-order valence-corrected chi connectivity index (χ4v) is 1.69. The highest BCUT2D eigenvalue weighted by Gasteiger charge is 2.15. The summed E-state index contributed by atoms with van der Waals surface area (Å²) < 4.78 is 0. The largest absolute Gasteiger partial charge is 0.396 e. The number of nitrogens with zero attached hydrogens (tertiary/aromatic N) is 1. The Hall–Kier alpha value is -0.450. The Balaban J connectivity index is 2.28. The van der Waals surface area contributed by atoms with E-state index in [2.05, 4.69) is 15.7 Å². The highest BCUT2D eigenvalue weighted by atomic mass is 32.1. The molecular weight excluding hydrogens is 196 g/mol. The van der Waals surface area contributed by atoms with E-state index in [0.29, 0.717) is 0 Å². The predicted molar refractivity (Wildman–Crippen MR) is 59.4 cm³/mol. The summed E-state index contributed by atoms with van der Waals surface area (Å²) in [6.45, 7) is 7.87. The first-order valence-electron chi connectivity index (χ1n) is 4.76. The first kappa shape index (κ1) is 11.6. The van der Waals surface area contributed by atoms with Gasteiger partial charge in [0.2, 0.25) is 0 Å². The summed E-state index contributed by atoms with van der Waals surface area (Å²) in [4.78, 5) is 4.35. The molecular formula is C10H18N2OS. The molecule has 0 aliphatic heterocycles. The van der Waals surface area contributed by atoms with Gasteiger partial charge in [0, 0.05) is 30.5 Å². The summed E-state index contributed by atoms with van der Waals surface area (Å²) in [6.07, 6.45) is 0. The van der Waals surface area contributed by atoms with Crippen LogP contribution >= 0.6 is 11.3 Å². The molecule has 0 aromatic carbocycles. The number of thiazole rings is 1. The van der Waals surface area contributed by atoms with Crippen molar-refractivity contribution in [3.63, 3.8) is 0 Å². The van der Waals surface area contributed by atoms with Gasteiger partial charge in [-0.15, -0.1) is 11.3 Å². The molecule has 1 aromatic rings. The van der Waals surface area contributed by atoms with Gasteiger partial charge in [0.1, 0.15) is 0 Å². The topological polar surface area (TPSA) is 45.2 Å². The van der Waals surface area contributed by atoms with E-state index in [4.69, 9.17) is 5.11 Å². The minimum Gasteiger partial charge on any atom is -0.396 e. The Morgan fingerprint density at radius 1 is 1.57 bits per heavy atom. The molecule has 3 nitrogen and oxygen atoms in total. The van der Waals surface area contributed by atoms with Gasteiger partial charge in [0.25, 0.3) is 0 Å². The molecule has 0 radical (unpaired) electrons. The average Bonchev–Trinajstić information content (AvgIpc) is 2.51. The number of aryl methyl sites for hydroxylation is 1. The molecule has 0 atom stereocenters. The lowest BCUT2D eigenvalue weighted by molar-refractivity contribution is 0.156. The Morgan fingerprint density at radius 3 is 2.79 bits per heavy atom. The van der Waals surface area contributed by atoms with Crippen LogP contribution in [0.4, 0.5) is 0 Å². The van der Waals surface area contributed by atoms with Gasteiger partial charge in [0.15, 0.2) is 0 Å². The smallest absolute Gasteiger partial charge is 0.0897 e. The van der Waals surface area contributed by atoms with Crippen LogP contribution in [0.5, 0.6) is 0 Å². The van der Waals surface area contributed by atoms with Crippen LogP contribution in [0.2, 0.25) is 0 Å². The maximum Gasteiger partial charge on any atom is 0.0897 e. The van der Waals surface area contributed by atoms with Crippen LogP contribution in [0.3, 0.4) is 0 Å². The molecule has 1 aromatic heterocycles. The highest BCUT2D eigenvalue weighted by Crippen LogP contribution is 2.12. The lowest BCUT2D eigenvalue weighted by Gasteiger charge is -2.21. The molecule has 0 unspecified atom stereocenters. The van der Waals surface area contributed by atoms with Gasteiger partial charge in [0.05, 0.1) is 10.7 Å². The Morgan fingerprint density at radius 2 is 2.29 bits per heavy atom. The summed E-state index contributed by atoms with van der Waals surface area (Å²) in [5.74, 6) is 0. The van der Waals surface area contributed by atoms with E-state index in [-0.39, 0.29) is 12.0 Å². The van der Waals surface area contributed by atoms with Crippen molar-refractivity contribution in [1.29, 1.82) is 0 Å². The summed E-state index contributed by atoms with van der Waals surface area (Å²) in [6, 6.07) is 0. The number of aliphatic hydroxyl groups excluding tert-OH is 1. The molecule has 80 valence electrons. The molecule has 0 aliphatic carbocycles. The third-order valence-electron chi connectivity index (χ3n) is 2.00. The third-order valence-corrected chi connectivity index (χ3v) is 2.83. The molecule has 2 N–H and O–H groups in total. The number of rotatable bonds is 5. The molecule has 0 bridgehead atoms. The lowest BCUT2D eigenvalue weighted by atomic mass is 9.95. The maximum absolute atomic E-state index is 9.04. The van der Waals surface area contributed by atoms with Crippen molar-refractivity contribution in [3.05, 3.63) is 16.1 Å². The zero-order chi connectivity index (χ0) is 10.6. The standard InChI is InChI=1S/C10H18N2OS/c1-8-12-9(5-14-8)4-11-6-10(2,3)7-13/h5,11,13H,4,6-7H2,1-3H3. The molecule has 0 amide bonds. The first-order chi connectivity index (χ1) is 6.53. The average molecular weight is 214 g/mol. The zero-order valence-corrected chi connectivity index (χ0v) is 9.82. The normalized spacial score (nSPS) is 12.0. The van der Waals surface area contributed by atoms with E-state index >= 15 is 0 Å². The Bertz CT molecular complexity index is 283. The molecule has 0 saturated carbocycles. The van der Waals surface area contributed by atoms with E-state index in [0.717, 1.165) is 23.8 Å². The van der Waals surface area contributed by atoms with Crippen LogP contribution in [0.25, 0.3) is 0 Å². The summed E-state index contributed by atoms with van der Waals surface area (Å²) in [5, 5.41) is 15.5. The van der Waals surface area contributed by atoms with Crippen molar-refractivity contribution in [2.75, 3.05) is 13.2 Å². The number of aliphatic hydroxyl groups is 1. The summed E-state index contributed by atoms with van der Waals surface area (Å²) in [5.41, 5.74) is 1.03. The molecule has 0 aliphatic rings. The van der Waals surface area contributed by atoms with Gasteiger partial charge in [-0.25, -0.2) is 4.98 Å². The second-order valence-corrected chi connectivity index (χ2v) is 5.35. The quantitative estimate of drug-likeness (QED) is 0.782. The number of hydrogen-bond donors (Lipinski definition) is 2. The second-order valence-electron chi connectivity index (χ2n) is 4.28. The number of hydrogen-bond acceptors (Lipinski definition) is 4. The van der Waals surface area contributed by atoms with Gasteiger partial charge in [-0.3, -0.25) is 0 Å². The van der Waals surface area contributed by atoms with Gasteiger partial charge in [-0.05, 0) is 6.92 Å². The Labute approximate surface area is 89.2 Å². The van der Waals surface area contributed by atoms with Crippen LogP contribution in [-0.4, -0.2) is 23.2 Å². The van der Waals surface area contributed by atoms with E-state index in [1.807, 2.05) is 20.8 Å². The molecule has 1 rings (SSSR count). The predicted octanol–water partition coefficient (Wildman–Crippen LogP) is 1.56. The molecule has 14 heavy (non-hydrogen) atoms. The summed E-state index contributed by atoms with van der Waals surface area (Å²) >= 11 is 1.67. The Kier molecular flexibility index (Phi) is 4.04. The van der Waals surface area contributed by atoms with Crippen molar-refractivity contribution in [3.8, 4) is 0 Å². The van der Waals surface area contributed by atoms with Crippen molar-refractivity contribution < 1.29 is 5.11 Å². The van der Waals surface area contributed by atoms with Crippen LogP contribution in [0.1, 0.15) is 24.5 Å². The van der Waals surface area contributed by atoms with Gasteiger partial charge >= 0.3 is 0 Å². The molecule has 4 heteroatoms. The van der Waals surface area contributed by atoms with E-state index < -0.39 is 0 Å².